The number of amides is 2. The van der Waals surface area contributed by atoms with Crippen LogP contribution in [-0.2, 0) is 14.3 Å². The van der Waals surface area contributed by atoms with Crippen LogP contribution in [0.2, 0.25) is 0 Å². The van der Waals surface area contributed by atoms with E-state index in [1.165, 1.54) is 45.6 Å². The first-order chi connectivity index (χ1) is 14.0. The minimum Gasteiger partial charge on any atom is -0.497 e. The molecule has 0 aliphatic carbocycles. The van der Waals surface area contributed by atoms with Crippen molar-refractivity contribution >= 4 is 23.1 Å². The summed E-state index contributed by atoms with van der Waals surface area (Å²) in [6.07, 6.45) is 0. The third kappa shape index (κ3) is 4.07. The molecule has 2 aromatic carbocycles. The van der Waals surface area contributed by atoms with Crippen LogP contribution in [0.15, 0.2) is 48.2 Å². The second kappa shape index (κ2) is 8.74. The molecule has 2 aromatic rings. The van der Waals surface area contributed by atoms with Crippen LogP contribution in [0, 0.1) is 5.82 Å². The van der Waals surface area contributed by atoms with Gasteiger partial charge in [0.05, 0.1) is 38.6 Å². The Balaban J connectivity index is 2.08. The number of rotatable bonds is 8. The molecule has 0 saturated carbocycles. The number of methoxy groups -OCH3 is 3. The Morgan fingerprint density at radius 2 is 1.69 bits per heavy atom. The van der Waals surface area contributed by atoms with Gasteiger partial charge in [0.25, 0.3) is 11.8 Å². The number of hydrogen-bond donors (Lipinski definition) is 1. The van der Waals surface area contributed by atoms with Crippen molar-refractivity contribution in [1.82, 2.24) is 4.90 Å². The first-order valence-corrected chi connectivity index (χ1v) is 8.84. The highest BCUT2D eigenvalue weighted by molar-refractivity contribution is 6.36. The Labute approximate surface area is 167 Å². The van der Waals surface area contributed by atoms with Crippen molar-refractivity contribution in [2.45, 2.75) is 0 Å². The van der Waals surface area contributed by atoms with E-state index in [-0.39, 0.29) is 24.4 Å². The van der Waals surface area contributed by atoms with E-state index in [2.05, 4.69) is 5.32 Å². The van der Waals surface area contributed by atoms with Crippen LogP contribution in [-0.4, -0.2) is 51.2 Å². The van der Waals surface area contributed by atoms with E-state index in [4.69, 9.17) is 14.2 Å². The zero-order chi connectivity index (χ0) is 21.0. The third-order valence-corrected chi connectivity index (χ3v) is 4.49. The van der Waals surface area contributed by atoms with Crippen LogP contribution in [0.3, 0.4) is 0 Å². The second-order valence-corrected chi connectivity index (χ2v) is 6.20. The molecule has 2 amide bonds. The van der Waals surface area contributed by atoms with E-state index in [1.807, 2.05) is 0 Å². The smallest absolute Gasteiger partial charge is 0.278 e. The van der Waals surface area contributed by atoms with Gasteiger partial charge in [0, 0.05) is 13.2 Å². The molecule has 3 rings (SSSR count). The van der Waals surface area contributed by atoms with Crippen LogP contribution in [0.1, 0.15) is 5.56 Å². The number of halogens is 1. The van der Waals surface area contributed by atoms with Crippen LogP contribution < -0.4 is 14.8 Å². The number of nitrogens with one attached hydrogen (secondary N) is 1. The highest BCUT2D eigenvalue weighted by Gasteiger charge is 2.39. The SMILES string of the molecule is COCCN1C(=O)C(Nc2cc(OC)ccc2OC)=C(c2ccc(F)cc2)C1=O. The Morgan fingerprint density at radius 1 is 0.966 bits per heavy atom. The van der Waals surface area contributed by atoms with Crippen molar-refractivity contribution in [2.24, 2.45) is 0 Å². The average molecular weight is 400 g/mol. The lowest BCUT2D eigenvalue weighted by molar-refractivity contribution is -0.137. The molecule has 152 valence electrons. The van der Waals surface area contributed by atoms with Gasteiger partial charge in [0.15, 0.2) is 0 Å². The predicted molar refractivity (Wildman–Crippen MR) is 105 cm³/mol. The summed E-state index contributed by atoms with van der Waals surface area (Å²) in [5.41, 5.74) is 1.10. The van der Waals surface area contributed by atoms with Crippen LogP contribution >= 0.6 is 0 Å². The molecule has 1 aliphatic rings. The Morgan fingerprint density at radius 3 is 2.31 bits per heavy atom. The number of hydrogen-bond acceptors (Lipinski definition) is 6. The van der Waals surface area contributed by atoms with Gasteiger partial charge in [0.2, 0.25) is 0 Å². The van der Waals surface area contributed by atoms with Crippen molar-refractivity contribution in [3.63, 3.8) is 0 Å². The molecular formula is C21H21FN2O5. The van der Waals surface area contributed by atoms with Crippen molar-refractivity contribution in [3.8, 4) is 11.5 Å². The van der Waals surface area contributed by atoms with Gasteiger partial charge in [-0.15, -0.1) is 0 Å². The molecule has 1 heterocycles. The van der Waals surface area contributed by atoms with Gasteiger partial charge in [0.1, 0.15) is 23.0 Å². The predicted octanol–water partition coefficient (Wildman–Crippen LogP) is 2.68. The number of benzene rings is 2. The second-order valence-electron chi connectivity index (χ2n) is 6.20. The van der Waals surface area contributed by atoms with Gasteiger partial charge in [-0.2, -0.15) is 0 Å². The number of nitrogens with zero attached hydrogens (tertiary/aromatic N) is 1. The fraction of sp³-hybridized carbons (Fsp3) is 0.238. The number of anilines is 1. The van der Waals surface area contributed by atoms with Crippen molar-refractivity contribution < 1.29 is 28.2 Å². The fourth-order valence-corrected chi connectivity index (χ4v) is 3.01. The van der Waals surface area contributed by atoms with Crippen molar-refractivity contribution in [2.75, 3.05) is 39.8 Å². The normalized spacial score (nSPS) is 13.9. The topological polar surface area (TPSA) is 77.1 Å². The molecule has 1 aliphatic heterocycles. The lowest BCUT2D eigenvalue weighted by Gasteiger charge is -2.15. The standard InChI is InChI=1S/C21H21FN2O5/c1-27-11-10-24-20(25)18(13-4-6-14(22)7-5-13)19(21(24)26)23-16-12-15(28-2)8-9-17(16)29-3/h4-9,12,23H,10-11H2,1-3H3. The van der Waals surface area contributed by atoms with Crippen LogP contribution in [0.25, 0.3) is 5.57 Å². The molecule has 8 heteroatoms. The number of ether oxygens (including phenoxy) is 3. The summed E-state index contributed by atoms with van der Waals surface area (Å²) < 4.78 is 29.0. The number of carbonyl (C=O) groups excluding carboxylic acids is 2. The van der Waals surface area contributed by atoms with Gasteiger partial charge in [-0.3, -0.25) is 14.5 Å². The van der Waals surface area contributed by atoms with E-state index in [9.17, 15) is 14.0 Å². The first-order valence-electron chi connectivity index (χ1n) is 8.84. The number of imide groups is 1. The molecule has 0 unspecified atom stereocenters. The minimum absolute atomic E-state index is 0.0734. The Hall–Kier alpha value is -3.39. The van der Waals surface area contributed by atoms with Gasteiger partial charge >= 0.3 is 0 Å². The van der Waals surface area contributed by atoms with E-state index in [0.717, 1.165) is 4.90 Å². The Kier molecular flexibility index (Phi) is 6.13. The van der Waals surface area contributed by atoms with E-state index < -0.39 is 17.6 Å². The molecule has 29 heavy (non-hydrogen) atoms. The third-order valence-electron chi connectivity index (χ3n) is 4.49. The summed E-state index contributed by atoms with van der Waals surface area (Å²) in [6.45, 7) is 0.295. The molecule has 0 atom stereocenters. The summed E-state index contributed by atoms with van der Waals surface area (Å²) in [4.78, 5) is 27.1. The average Bonchev–Trinajstić information content (AvgIpc) is 2.96. The molecule has 7 nitrogen and oxygen atoms in total. The lowest BCUT2D eigenvalue weighted by atomic mass is 10.0. The fourth-order valence-electron chi connectivity index (χ4n) is 3.01. The molecular weight excluding hydrogens is 379 g/mol. The quantitative estimate of drug-likeness (QED) is 0.687. The van der Waals surface area contributed by atoms with Gasteiger partial charge in [-0.1, -0.05) is 12.1 Å². The van der Waals surface area contributed by atoms with Gasteiger partial charge in [-0.25, -0.2) is 4.39 Å². The molecule has 0 radical (unpaired) electrons. The summed E-state index contributed by atoms with van der Waals surface area (Å²) in [5, 5.41) is 3.01. The molecule has 0 spiro atoms. The van der Waals surface area contributed by atoms with Crippen molar-refractivity contribution in [3.05, 3.63) is 59.5 Å². The maximum atomic E-state index is 13.4. The van der Waals surface area contributed by atoms with E-state index in [0.29, 0.717) is 22.7 Å². The van der Waals surface area contributed by atoms with Crippen molar-refractivity contribution in [1.29, 1.82) is 0 Å². The summed E-state index contributed by atoms with van der Waals surface area (Å²) in [7, 11) is 4.50. The van der Waals surface area contributed by atoms with E-state index >= 15 is 0 Å². The highest BCUT2D eigenvalue weighted by atomic mass is 19.1. The molecule has 0 fully saturated rings. The molecule has 1 N–H and O–H groups in total. The van der Waals surface area contributed by atoms with Crippen LogP contribution in [0.4, 0.5) is 10.1 Å². The van der Waals surface area contributed by atoms with E-state index in [1.54, 1.807) is 18.2 Å². The van der Waals surface area contributed by atoms with Crippen LogP contribution in [0.5, 0.6) is 11.5 Å². The summed E-state index contributed by atoms with van der Waals surface area (Å²) in [5.74, 6) is -0.414. The zero-order valence-corrected chi connectivity index (χ0v) is 16.3. The molecule has 0 aromatic heterocycles. The maximum Gasteiger partial charge on any atom is 0.278 e. The van der Waals surface area contributed by atoms with Gasteiger partial charge < -0.3 is 19.5 Å². The zero-order valence-electron chi connectivity index (χ0n) is 16.3. The largest absolute Gasteiger partial charge is 0.497 e. The lowest BCUT2D eigenvalue weighted by Crippen LogP contribution is -2.35. The van der Waals surface area contributed by atoms with Gasteiger partial charge in [-0.05, 0) is 29.8 Å². The maximum absolute atomic E-state index is 13.4. The monoisotopic (exact) mass is 400 g/mol. The minimum atomic E-state index is -0.503. The molecule has 0 saturated heterocycles. The first kappa shape index (κ1) is 20.3. The Bertz CT molecular complexity index is 956. The molecule has 0 bridgehead atoms. The summed E-state index contributed by atoms with van der Waals surface area (Å²) in [6, 6.07) is 10.4. The summed E-state index contributed by atoms with van der Waals surface area (Å²) >= 11 is 0. The number of carbonyl (C=O) groups is 2. The highest BCUT2D eigenvalue weighted by Crippen LogP contribution is 2.35.